The second-order valence-electron chi connectivity index (χ2n) is 7.11. The third kappa shape index (κ3) is 4.32. The molecule has 6 heteroatoms. The predicted octanol–water partition coefficient (Wildman–Crippen LogP) is 4.97. The molecule has 4 rings (SSSR count). The molecule has 2 aromatic carbocycles. The van der Waals surface area contributed by atoms with Crippen molar-refractivity contribution in [3.05, 3.63) is 71.9 Å². The van der Waals surface area contributed by atoms with Gasteiger partial charge in [-0.05, 0) is 41.8 Å². The van der Waals surface area contributed by atoms with Crippen LogP contribution >= 0.6 is 0 Å². The van der Waals surface area contributed by atoms with Gasteiger partial charge in [-0.2, -0.15) is 0 Å². The zero-order valence-electron chi connectivity index (χ0n) is 16.4. The number of carbonyl (C=O) groups excluding carboxylic acids is 1. The standard InChI is InChI=1S/C23H23N3O3/c1-15(2)18-5-3-4-6-19(18)26-22-13-16(9-10-24-22)23(27)25-17-7-8-20-21(14-17)29-12-11-28-20/h3-10,13-15H,11-12H2,1-2H3,(H,24,26)(H,25,27). The van der Waals surface area contributed by atoms with E-state index in [0.717, 1.165) is 5.69 Å². The minimum Gasteiger partial charge on any atom is -0.486 e. The molecule has 0 saturated carbocycles. The van der Waals surface area contributed by atoms with Crippen LogP contribution in [0.2, 0.25) is 0 Å². The Labute approximate surface area is 169 Å². The molecule has 3 aromatic rings. The summed E-state index contributed by atoms with van der Waals surface area (Å²) in [5, 5.41) is 6.23. The molecule has 0 unspecified atom stereocenters. The van der Waals surface area contributed by atoms with Gasteiger partial charge in [0.15, 0.2) is 11.5 Å². The molecule has 29 heavy (non-hydrogen) atoms. The summed E-state index contributed by atoms with van der Waals surface area (Å²) in [7, 11) is 0. The molecule has 2 N–H and O–H groups in total. The summed E-state index contributed by atoms with van der Waals surface area (Å²) in [6.45, 7) is 5.32. The van der Waals surface area contributed by atoms with Crippen LogP contribution in [0.1, 0.15) is 35.7 Å². The second-order valence-corrected chi connectivity index (χ2v) is 7.11. The van der Waals surface area contributed by atoms with Gasteiger partial charge in [0.1, 0.15) is 19.0 Å². The van der Waals surface area contributed by atoms with Crippen LogP contribution in [0, 0.1) is 0 Å². The van der Waals surface area contributed by atoms with Crippen LogP contribution in [0.5, 0.6) is 11.5 Å². The monoisotopic (exact) mass is 389 g/mol. The van der Waals surface area contributed by atoms with E-state index in [1.54, 1.807) is 36.5 Å². The zero-order valence-corrected chi connectivity index (χ0v) is 16.4. The zero-order chi connectivity index (χ0) is 20.2. The van der Waals surface area contributed by atoms with Crippen molar-refractivity contribution >= 4 is 23.1 Å². The lowest BCUT2D eigenvalue weighted by Gasteiger charge is -2.19. The van der Waals surface area contributed by atoms with Gasteiger partial charge in [0.25, 0.3) is 5.91 Å². The molecule has 1 amide bonds. The lowest BCUT2D eigenvalue weighted by atomic mass is 10.0. The number of fused-ring (bicyclic) bond motifs is 1. The van der Waals surface area contributed by atoms with Gasteiger partial charge >= 0.3 is 0 Å². The molecule has 0 atom stereocenters. The Morgan fingerprint density at radius 1 is 1.00 bits per heavy atom. The number of nitrogens with zero attached hydrogens (tertiary/aromatic N) is 1. The Balaban J connectivity index is 1.51. The molecular formula is C23H23N3O3. The Kier molecular flexibility index (Phi) is 5.33. The number of amides is 1. The molecule has 6 nitrogen and oxygen atoms in total. The Morgan fingerprint density at radius 3 is 2.62 bits per heavy atom. The van der Waals surface area contributed by atoms with Crippen molar-refractivity contribution in [2.24, 2.45) is 0 Å². The van der Waals surface area contributed by atoms with E-state index < -0.39 is 0 Å². The van der Waals surface area contributed by atoms with E-state index in [9.17, 15) is 4.79 Å². The SMILES string of the molecule is CC(C)c1ccccc1Nc1cc(C(=O)Nc2ccc3c(c2)OCCO3)ccn1. The van der Waals surface area contributed by atoms with Gasteiger partial charge in [-0.3, -0.25) is 4.79 Å². The highest BCUT2D eigenvalue weighted by Crippen LogP contribution is 2.33. The maximum atomic E-state index is 12.7. The number of hydrogen-bond acceptors (Lipinski definition) is 5. The molecule has 1 aliphatic rings. The van der Waals surface area contributed by atoms with Crippen LogP contribution in [-0.2, 0) is 0 Å². The summed E-state index contributed by atoms with van der Waals surface area (Å²) in [6.07, 6.45) is 1.62. The van der Waals surface area contributed by atoms with Crippen molar-refractivity contribution in [1.29, 1.82) is 0 Å². The molecule has 1 aliphatic heterocycles. The van der Waals surface area contributed by atoms with Crippen LogP contribution in [0.25, 0.3) is 0 Å². The predicted molar refractivity (Wildman–Crippen MR) is 113 cm³/mol. The van der Waals surface area contributed by atoms with Crippen LogP contribution in [0.15, 0.2) is 60.8 Å². The normalized spacial score (nSPS) is 12.5. The van der Waals surface area contributed by atoms with Crippen LogP contribution in [0.4, 0.5) is 17.2 Å². The van der Waals surface area contributed by atoms with Crippen molar-refractivity contribution in [3.63, 3.8) is 0 Å². The fourth-order valence-corrected chi connectivity index (χ4v) is 3.22. The van der Waals surface area contributed by atoms with E-state index in [0.29, 0.717) is 47.7 Å². The fourth-order valence-electron chi connectivity index (χ4n) is 3.22. The van der Waals surface area contributed by atoms with Crippen molar-refractivity contribution in [3.8, 4) is 11.5 Å². The first-order chi connectivity index (χ1) is 14.1. The highest BCUT2D eigenvalue weighted by molar-refractivity contribution is 6.04. The summed E-state index contributed by atoms with van der Waals surface area (Å²) in [5.41, 5.74) is 3.34. The minimum absolute atomic E-state index is 0.218. The van der Waals surface area contributed by atoms with Crippen molar-refractivity contribution in [2.75, 3.05) is 23.8 Å². The second kappa shape index (κ2) is 8.22. The van der Waals surface area contributed by atoms with E-state index in [1.807, 2.05) is 18.2 Å². The van der Waals surface area contributed by atoms with Gasteiger partial charge in [0.2, 0.25) is 0 Å². The van der Waals surface area contributed by atoms with Gasteiger partial charge < -0.3 is 20.1 Å². The van der Waals surface area contributed by atoms with Crippen LogP contribution in [0.3, 0.4) is 0 Å². The number of benzene rings is 2. The summed E-state index contributed by atoms with van der Waals surface area (Å²) >= 11 is 0. The molecule has 0 fully saturated rings. The van der Waals surface area contributed by atoms with Crippen molar-refractivity contribution in [2.45, 2.75) is 19.8 Å². The summed E-state index contributed by atoms with van der Waals surface area (Å²) in [4.78, 5) is 17.1. The summed E-state index contributed by atoms with van der Waals surface area (Å²) < 4.78 is 11.1. The number of aromatic nitrogens is 1. The fraction of sp³-hybridized carbons (Fsp3) is 0.217. The molecule has 2 heterocycles. The maximum absolute atomic E-state index is 12.7. The number of ether oxygens (including phenoxy) is 2. The molecule has 0 aliphatic carbocycles. The molecule has 0 saturated heterocycles. The third-order valence-electron chi connectivity index (χ3n) is 4.67. The number of para-hydroxylation sites is 1. The van der Waals surface area contributed by atoms with Gasteiger partial charge in [-0.15, -0.1) is 0 Å². The smallest absolute Gasteiger partial charge is 0.255 e. The number of rotatable bonds is 5. The highest BCUT2D eigenvalue weighted by Gasteiger charge is 2.14. The minimum atomic E-state index is -0.218. The molecule has 0 bridgehead atoms. The first-order valence-corrected chi connectivity index (χ1v) is 9.63. The number of pyridine rings is 1. The molecule has 0 spiro atoms. The first-order valence-electron chi connectivity index (χ1n) is 9.63. The lowest BCUT2D eigenvalue weighted by Crippen LogP contribution is -2.16. The average molecular weight is 389 g/mol. The van der Waals surface area contributed by atoms with E-state index in [-0.39, 0.29) is 5.91 Å². The Bertz CT molecular complexity index is 1030. The summed E-state index contributed by atoms with van der Waals surface area (Å²) in [5.74, 6) is 2.10. The quantitative estimate of drug-likeness (QED) is 0.644. The molecule has 148 valence electrons. The largest absolute Gasteiger partial charge is 0.486 e. The van der Waals surface area contributed by atoms with E-state index >= 15 is 0 Å². The van der Waals surface area contributed by atoms with Gasteiger partial charge in [-0.1, -0.05) is 32.0 Å². The van der Waals surface area contributed by atoms with Crippen LogP contribution < -0.4 is 20.1 Å². The van der Waals surface area contributed by atoms with Crippen molar-refractivity contribution < 1.29 is 14.3 Å². The number of nitrogens with one attached hydrogen (secondary N) is 2. The van der Waals surface area contributed by atoms with Gasteiger partial charge in [0.05, 0.1) is 0 Å². The topological polar surface area (TPSA) is 72.5 Å². The van der Waals surface area contributed by atoms with Gasteiger partial charge in [0, 0.05) is 29.2 Å². The average Bonchev–Trinajstić information content (AvgIpc) is 2.74. The number of carbonyl (C=O) groups is 1. The number of anilines is 3. The third-order valence-corrected chi connectivity index (χ3v) is 4.67. The van der Waals surface area contributed by atoms with Crippen molar-refractivity contribution in [1.82, 2.24) is 4.98 Å². The Morgan fingerprint density at radius 2 is 1.79 bits per heavy atom. The van der Waals surface area contributed by atoms with E-state index in [4.69, 9.17) is 9.47 Å². The maximum Gasteiger partial charge on any atom is 0.255 e. The highest BCUT2D eigenvalue weighted by atomic mass is 16.6. The van der Waals surface area contributed by atoms with Crippen LogP contribution in [-0.4, -0.2) is 24.1 Å². The first kappa shape index (κ1) is 18.8. The van der Waals surface area contributed by atoms with E-state index in [2.05, 4.69) is 35.5 Å². The molecule has 0 radical (unpaired) electrons. The van der Waals surface area contributed by atoms with Gasteiger partial charge in [-0.25, -0.2) is 4.98 Å². The molecule has 1 aromatic heterocycles. The lowest BCUT2D eigenvalue weighted by molar-refractivity contribution is 0.102. The van der Waals surface area contributed by atoms with E-state index in [1.165, 1.54) is 5.56 Å². The Hall–Kier alpha value is -3.54. The summed E-state index contributed by atoms with van der Waals surface area (Å²) in [6, 6.07) is 16.9. The molecular weight excluding hydrogens is 366 g/mol. The number of hydrogen-bond donors (Lipinski definition) is 2.